The Hall–Kier alpha value is -2.53. The zero-order valence-electron chi connectivity index (χ0n) is 12.0. The monoisotopic (exact) mass is 325 g/mol. The van der Waals surface area contributed by atoms with Gasteiger partial charge in [-0.1, -0.05) is 17.7 Å². The van der Waals surface area contributed by atoms with Crippen LogP contribution in [0.25, 0.3) is 11.0 Å². The van der Waals surface area contributed by atoms with E-state index in [0.717, 1.165) is 28.8 Å². The van der Waals surface area contributed by atoms with Crippen LogP contribution in [0.4, 0.5) is 0 Å². The van der Waals surface area contributed by atoms with E-state index in [0.29, 0.717) is 10.6 Å². The molecule has 3 aromatic rings. The molecule has 6 heteroatoms. The Balaban J connectivity index is 1.86. The Labute approximate surface area is 136 Å². The van der Waals surface area contributed by atoms with Crippen molar-refractivity contribution in [3.8, 4) is 5.75 Å². The summed E-state index contributed by atoms with van der Waals surface area (Å²) in [6.45, 7) is 0. The summed E-state index contributed by atoms with van der Waals surface area (Å²) in [7, 11) is 0. The molecule has 5 rings (SSSR count). The van der Waals surface area contributed by atoms with Gasteiger partial charge in [-0.05, 0) is 30.7 Å². The van der Waals surface area contributed by atoms with Gasteiger partial charge in [0.05, 0.1) is 23.1 Å². The molecular formula is C17H12ClN3O2. The molecule has 1 unspecified atom stereocenters. The fourth-order valence-corrected chi connectivity index (χ4v) is 4.09. The predicted molar refractivity (Wildman–Crippen MR) is 85.8 cm³/mol. The summed E-state index contributed by atoms with van der Waals surface area (Å²) in [6.07, 6.45) is 0.719. The van der Waals surface area contributed by atoms with Gasteiger partial charge in [-0.25, -0.2) is 4.98 Å². The second kappa shape index (κ2) is 4.26. The summed E-state index contributed by atoms with van der Waals surface area (Å²) in [5.74, 6) is 0.897. The van der Waals surface area contributed by atoms with Crippen molar-refractivity contribution in [3.05, 3.63) is 58.4 Å². The van der Waals surface area contributed by atoms with Crippen LogP contribution in [0.15, 0.2) is 36.4 Å². The number of rotatable bonds is 0. The number of carbonyl (C=O) groups excluding carboxylic acids is 1. The summed E-state index contributed by atoms with van der Waals surface area (Å²) in [6, 6.07) is 10.3. The molecule has 2 aliphatic heterocycles. The summed E-state index contributed by atoms with van der Waals surface area (Å²) < 4.78 is 2.09. The van der Waals surface area contributed by atoms with Crippen LogP contribution in [-0.2, 0) is 0 Å². The molecule has 0 saturated carbocycles. The minimum Gasteiger partial charge on any atom is -0.508 e. The molecule has 0 radical (unpaired) electrons. The fraction of sp³-hybridized carbons (Fsp3) is 0.176. The molecular weight excluding hydrogens is 314 g/mol. The van der Waals surface area contributed by atoms with E-state index in [1.165, 1.54) is 0 Å². The normalized spacial score (nSPS) is 21.7. The van der Waals surface area contributed by atoms with Gasteiger partial charge in [0, 0.05) is 22.2 Å². The fourth-order valence-electron chi connectivity index (χ4n) is 3.79. The Morgan fingerprint density at radius 1 is 1.30 bits per heavy atom. The van der Waals surface area contributed by atoms with Gasteiger partial charge in [0.25, 0.3) is 5.91 Å². The van der Waals surface area contributed by atoms with Crippen molar-refractivity contribution >= 4 is 28.5 Å². The number of phenols is 1. The third-order valence-electron chi connectivity index (χ3n) is 4.72. The summed E-state index contributed by atoms with van der Waals surface area (Å²) >= 11 is 6.42. The van der Waals surface area contributed by atoms with Gasteiger partial charge in [0.2, 0.25) is 0 Å². The van der Waals surface area contributed by atoms with Gasteiger partial charge in [-0.2, -0.15) is 0 Å². The molecule has 1 aromatic heterocycles. The van der Waals surface area contributed by atoms with Crippen molar-refractivity contribution in [3.63, 3.8) is 0 Å². The second-order valence-electron chi connectivity index (χ2n) is 5.99. The summed E-state index contributed by atoms with van der Waals surface area (Å²) in [4.78, 5) is 17.1. The predicted octanol–water partition coefficient (Wildman–Crippen LogP) is 3.17. The number of benzene rings is 2. The zero-order valence-corrected chi connectivity index (χ0v) is 12.7. The molecule has 2 aromatic carbocycles. The minimum absolute atomic E-state index is 0.0653. The first-order valence-electron chi connectivity index (χ1n) is 7.43. The lowest BCUT2D eigenvalue weighted by Crippen LogP contribution is -2.27. The number of phenolic OH excluding ortho intramolecular Hbond substituents is 1. The average Bonchev–Trinajstić information content (AvgIpc) is 3.00. The first-order valence-corrected chi connectivity index (χ1v) is 7.81. The standard InChI is InChI=1S/C17H12ClN3O2/c18-10-3-1-2-9-15(10)14-7-12(20-17(9)23)16-19-11-5-4-8(22)6-13(11)21(14)16/h1-6,12,14,22H,7H2,(H,20,23)/t12?,14-/m1/s1. The topological polar surface area (TPSA) is 67.2 Å². The van der Waals surface area contributed by atoms with Crippen molar-refractivity contribution in [2.45, 2.75) is 18.5 Å². The molecule has 2 N–H and O–H groups in total. The van der Waals surface area contributed by atoms with Crippen LogP contribution in [0, 0.1) is 0 Å². The lowest BCUT2D eigenvalue weighted by molar-refractivity contribution is 0.0938. The molecule has 114 valence electrons. The van der Waals surface area contributed by atoms with Crippen LogP contribution >= 0.6 is 11.6 Å². The number of fused-ring (bicyclic) bond motifs is 9. The van der Waals surface area contributed by atoms with Crippen LogP contribution in [0.3, 0.4) is 0 Å². The number of hydrogen-bond donors (Lipinski definition) is 2. The Morgan fingerprint density at radius 3 is 3.04 bits per heavy atom. The second-order valence-corrected chi connectivity index (χ2v) is 6.40. The highest BCUT2D eigenvalue weighted by molar-refractivity contribution is 6.32. The van der Waals surface area contributed by atoms with Crippen molar-refractivity contribution in [2.24, 2.45) is 0 Å². The third-order valence-corrected chi connectivity index (χ3v) is 5.05. The maximum atomic E-state index is 12.5. The molecule has 2 aliphatic rings. The summed E-state index contributed by atoms with van der Waals surface area (Å²) in [5.41, 5.74) is 3.10. The average molecular weight is 326 g/mol. The molecule has 0 fully saturated rings. The number of imidazole rings is 1. The number of carbonyl (C=O) groups is 1. The molecule has 0 spiro atoms. The van der Waals surface area contributed by atoms with E-state index >= 15 is 0 Å². The van der Waals surface area contributed by atoms with Crippen molar-refractivity contribution in [1.29, 1.82) is 0 Å². The Kier molecular flexibility index (Phi) is 2.40. The number of nitrogens with zero attached hydrogens (tertiary/aromatic N) is 2. The smallest absolute Gasteiger partial charge is 0.252 e. The van der Waals surface area contributed by atoms with Crippen LogP contribution in [0.2, 0.25) is 5.02 Å². The van der Waals surface area contributed by atoms with E-state index < -0.39 is 0 Å². The molecule has 5 nitrogen and oxygen atoms in total. The minimum atomic E-state index is -0.148. The van der Waals surface area contributed by atoms with Gasteiger partial charge >= 0.3 is 0 Å². The van der Waals surface area contributed by atoms with Gasteiger partial charge in [0.15, 0.2) is 0 Å². The first kappa shape index (κ1) is 13.0. The molecule has 2 atom stereocenters. The molecule has 2 bridgehead atoms. The third kappa shape index (κ3) is 1.63. The molecule has 23 heavy (non-hydrogen) atoms. The van der Waals surface area contributed by atoms with Crippen LogP contribution < -0.4 is 5.32 Å². The lowest BCUT2D eigenvalue weighted by Gasteiger charge is -2.19. The van der Waals surface area contributed by atoms with Crippen LogP contribution in [-0.4, -0.2) is 20.6 Å². The summed E-state index contributed by atoms with van der Waals surface area (Å²) in [5, 5.41) is 13.5. The molecule has 1 amide bonds. The first-order chi connectivity index (χ1) is 11.1. The SMILES string of the molecule is O=C1NC2C[C@H](c3c(Cl)cccc31)n1c2nc2ccc(O)cc21. The maximum Gasteiger partial charge on any atom is 0.252 e. The van der Waals surface area contributed by atoms with Gasteiger partial charge in [-0.3, -0.25) is 4.79 Å². The van der Waals surface area contributed by atoms with Crippen LogP contribution in [0.5, 0.6) is 5.75 Å². The lowest BCUT2D eigenvalue weighted by atomic mass is 9.99. The maximum absolute atomic E-state index is 12.5. The molecule has 0 saturated heterocycles. The van der Waals surface area contributed by atoms with Crippen LogP contribution in [0.1, 0.15) is 40.3 Å². The van der Waals surface area contributed by atoms with Crippen molar-refractivity contribution in [1.82, 2.24) is 14.9 Å². The highest BCUT2D eigenvalue weighted by atomic mass is 35.5. The van der Waals surface area contributed by atoms with E-state index in [1.54, 1.807) is 30.3 Å². The van der Waals surface area contributed by atoms with E-state index in [1.807, 2.05) is 6.07 Å². The van der Waals surface area contributed by atoms with E-state index in [9.17, 15) is 9.90 Å². The zero-order chi connectivity index (χ0) is 15.7. The number of aromatic hydroxyl groups is 1. The van der Waals surface area contributed by atoms with Gasteiger partial charge in [-0.15, -0.1) is 0 Å². The Morgan fingerprint density at radius 2 is 2.17 bits per heavy atom. The quantitative estimate of drug-likeness (QED) is 0.667. The number of amides is 1. The molecule has 0 aliphatic carbocycles. The highest BCUT2D eigenvalue weighted by Crippen LogP contribution is 2.46. The van der Waals surface area contributed by atoms with Crippen molar-refractivity contribution in [2.75, 3.05) is 0 Å². The molecule has 3 heterocycles. The van der Waals surface area contributed by atoms with E-state index in [2.05, 4.69) is 14.9 Å². The number of aromatic nitrogens is 2. The van der Waals surface area contributed by atoms with Crippen molar-refractivity contribution < 1.29 is 9.90 Å². The van der Waals surface area contributed by atoms with E-state index in [4.69, 9.17) is 11.6 Å². The van der Waals surface area contributed by atoms with Gasteiger partial charge < -0.3 is 15.0 Å². The van der Waals surface area contributed by atoms with E-state index in [-0.39, 0.29) is 23.7 Å². The number of hydrogen-bond acceptors (Lipinski definition) is 3. The number of nitrogens with one attached hydrogen (secondary N) is 1. The number of halogens is 1. The van der Waals surface area contributed by atoms with Gasteiger partial charge in [0.1, 0.15) is 11.6 Å². The Bertz CT molecular complexity index is 995. The largest absolute Gasteiger partial charge is 0.508 e. The highest BCUT2D eigenvalue weighted by Gasteiger charge is 2.41.